The van der Waals surface area contributed by atoms with Crippen LogP contribution in [-0.2, 0) is 16.6 Å². The highest BCUT2D eigenvalue weighted by Gasteiger charge is 2.13. The number of aromatic nitrogens is 2. The summed E-state index contributed by atoms with van der Waals surface area (Å²) in [7, 11) is -1.94. The van der Waals surface area contributed by atoms with Crippen molar-refractivity contribution in [3.8, 4) is 16.9 Å². The number of nitrogens with one attached hydrogen (secondary N) is 1. The highest BCUT2D eigenvalue weighted by Crippen LogP contribution is 2.25. The van der Waals surface area contributed by atoms with Crippen molar-refractivity contribution in [2.75, 3.05) is 7.05 Å². The van der Waals surface area contributed by atoms with E-state index in [0.29, 0.717) is 12.2 Å². The lowest BCUT2D eigenvalue weighted by atomic mass is 10.1. The van der Waals surface area contributed by atoms with Gasteiger partial charge in [0.2, 0.25) is 10.0 Å². The maximum absolute atomic E-state index is 13.2. The quantitative estimate of drug-likeness (QED) is 0.729. The molecule has 3 aromatic rings. The van der Waals surface area contributed by atoms with Crippen molar-refractivity contribution in [3.63, 3.8) is 0 Å². The number of hydrogen-bond donors (Lipinski definition) is 2. The van der Waals surface area contributed by atoms with Crippen LogP contribution in [-0.4, -0.2) is 25.2 Å². The van der Waals surface area contributed by atoms with E-state index in [4.69, 9.17) is 5.14 Å². The van der Waals surface area contributed by atoms with Crippen molar-refractivity contribution in [2.45, 2.75) is 11.4 Å². The molecule has 0 aliphatic carbocycles. The van der Waals surface area contributed by atoms with Crippen molar-refractivity contribution < 1.29 is 12.8 Å². The first-order valence-electron chi connectivity index (χ1n) is 7.51. The third-order valence-corrected chi connectivity index (χ3v) is 4.60. The van der Waals surface area contributed by atoms with Crippen LogP contribution in [0.5, 0.6) is 0 Å². The molecular weight excluding hydrogens is 343 g/mol. The zero-order valence-corrected chi connectivity index (χ0v) is 14.3. The van der Waals surface area contributed by atoms with E-state index in [-0.39, 0.29) is 10.7 Å². The van der Waals surface area contributed by atoms with Gasteiger partial charge in [0.05, 0.1) is 22.0 Å². The van der Waals surface area contributed by atoms with E-state index in [1.165, 1.54) is 24.3 Å². The molecule has 0 saturated carbocycles. The Balaban J connectivity index is 2.09. The van der Waals surface area contributed by atoms with Gasteiger partial charge in [0.15, 0.2) is 0 Å². The standard InChI is InChI=1S/C17H17FN4O2S/c1-20-11-14-10-17(12-2-4-13(18)5-3-12)22(21-14)15-6-8-16(9-7-15)25(19,23)24/h2-10,20H,11H2,1H3,(H2,19,23,24). The van der Waals surface area contributed by atoms with Crippen LogP contribution in [0.3, 0.4) is 0 Å². The summed E-state index contributed by atoms with van der Waals surface area (Å²) in [5, 5.41) is 12.7. The van der Waals surface area contributed by atoms with E-state index >= 15 is 0 Å². The number of sulfonamides is 1. The molecule has 8 heteroatoms. The van der Waals surface area contributed by atoms with E-state index < -0.39 is 10.0 Å². The average molecular weight is 360 g/mol. The minimum absolute atomic E-state index is 0.0298. The van der Waals surface area contributed by atoms with Crippen LogP contribution in [0, 0.1) is 5.82 Å². The molecule has 0 atom stereocenters. The molecule has 0 unspecified atom stereocenters. The fourth-order valence-corrected chi connectivity index (χ4v) is 3.01. The summed E-state index contributed by atoms with van der Waals surface area (Å²) in [6, 6.07) is 14.1. The molecule has 0 spiro atoms. The van der Waals surface area contributed by atoms with Crippen LogP contribution < -0.4 is 10.5 Å². The average Bonchev–Trinajstić information content (AvgIpc) is 2.99. The summed E-state index contributed by atoms with van der Waals surface area (Å²) in [6.07, 6.45) is 0. The van der Waals surface area contributed by atoms with Crippen molar-refractivity contribution >= 4 is 10.0 Å². The third-order valence-electron chi connectivity index (χ3n) is 3.67. The Morgan fingerprint density at radius 2 is 1.76 bits per heavy atom. The van der Waals surface area contributed by atoms with Gasteiger partial charge in [-0.05, 0) is 61.6 Å². The Hall–Kier alpha value is -2.55. The molecule has 0 radical (unpaired) electrons. The number of hydrogen-bond acceptors (Lipinski definition) is 4. The van der Waals surface area contributed by atoms with Crippen molar-refractivity contribution in [1.82, 2.24) is 15.1 Å². The van der Waals surface area contributed by atoms with E-state index in [0.717, 1.165) is 17.0 Å². The molecule has 0 fully saturated rings. The molecule has 25 heavy (non-hydrogen) atoms. The van der Waals surface area contributed by atoms with Gasteiger partial charge in [0, 0.05) is 12.1 Å². The zero-order valence-electron chi connectivity index (χ0n) is 13.5. The highest BCUT2D eigenvalue weighted by atomic mass is 32.2. The highest BCUT2D eigenvalue weighted by molar-refractivity contribution is 7.89. The molecule has 0 saturated heterocycles. The maximum atomic E-state index is 13.2. The van der Waals surface area contributed by atoms with E-state index in [1.54, 1.807) is 28.9 Å². The van der Waals surface area contributed by atoms with Crippen molar-refractivity contribution in [1.29, 1.82) is 0 Å². The maximum Gasteiger partial charge on any atom is 0.238 e. The fourth-order valence-electron chi connectivity index (χ4n) is 2.50. The Morgan fingerprint density at radius 3 is 2.32 bits per heavy atom. The third kappa shape index (κ3) is 3.76. The molecule has 0 bridgehead atoms. The molecule has 1 heterocycles. The Bertz CT molecular complexity index is 980. The molecule has 0 amide bonds. The Morgan fingerprint density at radius 1 is 1.12 bits per heavy atom. The lowest BCUT2D eigenvalue weighted by Gasteiger charge is -2.08. The minimum atomic E-state index is -3.75. The molecule has 3 rings (SSSR count). The molecule has 3 N–H and O–H groups in total. The molecule has 1 aromatic heterocycles. The summed E-state index contributed by atoms with van der Waals surface area (Å²) in [5.41, 5.74) is 3.05. The van der Waals surface area contributed by atoms with Gasteiger partial charge in [-0.1, -0.05) is 0 Å². The van der Waals surface area contributed by atoms with Gasteiger partial charge in [0.25, 0.3) is 0 Å². The van der Waals surface area contributed by atoms with Crippen LogP contribution in [0.4, 0.5) is 4.39 Å². The predicted octanol–water partition coefficient (Wildman–Crippen LogP) is 2.05. The summed E-state index contributed by atoms with van der Waals surface area (Å²) < 4.78 is 37.7. The lowest BCUT2D eigenvalue weighted by Crippen LogP contribution is -2.12. The monoisotopic (exact) mass is 360 g/mol. The van der Waals surface area contributed by atoms with Crippen molar-refractivity contribution in [2.24, 2.45) is 5.14 Å². The number of nitrogens with zero attached hydrogens (tertiary/aromatic N) is 2. The topological polar surface area (TPSA) is 90.0 Å². The first-order chi connectivity index (χ1) is 11.9. The lowest BCUT2D eigenvalue weighted by molar-refractivity contribution is 0.597. The first kappa shape index (κ1) is 17.3. The largest absolute Gasteiger partial charge is 0.314 e. The zero-order chi connectivity index (χ0) is 18.0. The van der Waals surface area contributed by atoms with E-state index in [1.807, 2.05) is 13.1 Å². The second-order valence-corrected chi connectivity index (χ2v) is 7.07. The molecular formula is C17H17FN4O2S. The normalized spacial score (nSPS) is 11.6. The van der Waals surface area contributed by atoms with Gasteiger partial charge in [0.1, 0.15) is 5.82 Å². The Kier molecular flexibility index (Phi) is 4.67. The van der Waals surface area contributed by atoms with E-state index in [2.05, 4.69) is 10.4 Å². The second-order valence-electron chi connectivity index (χ2n) is 5.51. The van der Waals surface area contributed by atoms with Gasteiger partial charge < -0.3 is 5.32 Å². The molecule has 130 valence electrons. The van der Waals surface area contributed by atoms with Gasteiger partial charge in [-0.15, -0.1) is 0 Å². The molecule has 0 aliphatic rings. The summed E-state index contributed by atoms with van der Waals surface area (Å²) in [5.74, 6) is -0.317. The molecule has 0 aliphatic heterocycles. The second kappa shape index (κ2) is 6.75. The smallest absolute Gasteiger partial charge is 0.238 e. The van der Waals surface area contributed by atoms with Gasteiger partial charge in [-0.2, -0.15) is 5.10 Å². The first-order valence-corrected chi connectivity index (χ1v) is 9.06. The van der Waals surface area contributed by atoms with Crippen LogP contribution >= 0.6 is 0 Å². The van der Waals surface area contributed by atoms with Crippen LogP contribution in [0.1, 0.15) is 5.69 Å². The van der Waals surface area contributed by atoms with Gasteiger partial charge in [-0.25, -0.2) is 22.6 Å². The van der Waals surface area contributed by atoms with Crippen LogP contribution in [0.2, 0.25) is 0 Å². The minimum Gasteiger partial charge on any atom is -0.314 e. The van der Waals surface area contributed by atoms with Gasteiger partial charge in [-0.3, -0.25) is 0 Å². The SMILES string of the molecule is CNCc1cc(-c2ccc(F)cc2)n(-c2ccc(S(N)(=O)=O)cc2)n1. The summed E-state index contributed by atoms with van der Waals surface area (Å²) >= 11 is 0. The fraction of sp³-hybridized carbons (Fsp3) is 0.118. The molecule has 2 aromatic carbocycles. The number of primary sulfonamides is 1. The van der Waals surface area contributed by atoms with Crippen LogP contribution in [0.15, 0.2) is 59.5 Å². The summed E-state index contributed by atoms with van der Waals surface area (Å²) in [4.78, 5) is 0.0298. The van der Waals surface area contributed by atoms with Crippen molar-refractivity contribution in [3.05, 3.63) is 66.1 Å². The number of rotatable bonds is 5. The van der Waals surface area contributed by atoms with Crippen LogP contribution in [0.25, 0.3) is 16.9 Å². The van der Waals surface area contributed by atoms with Gasteiger partial charge >= 0.3 is 0 Å². The number of benzene rings is 2. The number of halogens is 1. The summed E-state index contributed by atoms with van der Waals surface area (Å²) in [6.45, 7) is 0.566. The molecule has 6 nitrogen and oxygen atoms in total. The Labute approximate surface area is 145 Å². The predicted molar refractivity (Wildman–Crippen MR) is 93.1 cm³/mol. The number of nitrogens with two attached hydrogens (primary N) is 1. The van der Waals surface area contributed by atoms with E-state index in [9.17, 15) is 12.8 Å².